The fraction of sp³-hybridized carbons (Fsp3) is 0.0952. The van der Waals surface area contributed by atoms with E-state index < -0.39 is 0 Å². The van der Waals surface area contributed by atoms with Gasteiger partial charge in [-0.05, 0) is 48.0 Å². The predicted octanol–water partition coefficient (Wildman–Crippen LogP) is 3.83. The normalized spacial score (nSPS) is 10.7. The highest BCUT2D eigenvalue weighted by atomic mass is 16.5. The second-order valence-electron chi connectivity index (χ2n) is 5.97. The summed E-state index contributed by atoms with van der Waals surface area (Å²) in [5.74, 6) is 1.09. The summed E-state index contributed by atoms with van der Waals surface area (Å²) in [6.07, 6.45) is 3.36. The average molecular weight is 359 g/mol. The molecule has 0 spiro atoms. The van der Waals surface area contributed by atoms with Crippen molar-refractivity contribution in [2.45, 2.75) is 6.54 Å². The van der Waals surface area contributed by atoms with Gasteiger partial charge in [0, 0.05) is 30.1 Å². The molecule has 0 saturated heterocycles. The zero-order valence-electron chi connectivity index (χ0n) is 14.7. The summed E-state index contributed by atoms with van der Waals surface area (Å²) in [5, 5.41) is 2.91. The molecule has 0 bridgehead atoms. The minimum atomic E-state index is -0.173. The Kier molecular flexibility index (Phi) is 4.53. The zero-order chi connectivity index (χ0) is 18.6. The van der Waals surface area contributed by atoms with Crippen molar-refractivity contribution in [2.75, 3.05) is 7.11 Å². The molecule has 0 fully saturated rings. The van der Waals surface area contributed by atoms with E-state index in [1.165, 1.54) is 0 Å². The number of hydrogen-bond acceptors (Lipinski definition) is 5. The average Bonchev–Trinajstić information content (AvgIpc) is 3.16. The fourth-order valence-corrected chi connectivity index (χ4v) is 2.75. The molecule has 27 heavy (non-hydrogen) atoms. The second kappa shape index (κ2) is 7.29. The van der Waals surface area contributed by atoms with E-state index in [1.807, 2.05) is 36.4 Å². The summed E-state index contributed by atoms with van der Waals surface area (Å²) >= 11 is 0. The van der Waals surface area contributed by atoms with E-state index in [1.54, 1.807) is 37.7 Å². The van der Waals surface area contributed by atoms with Gasteiger partial charge >= 0.3 is 0 Å². The van der Waals surface area contributed by atoms with E-state index in [0.717, 1.165) is 16.9 Å². The van der Waals surface area contributed by atoms with Crippen molar-refractivity contribution < 1.29 is 13.9 Å². The molecule has 0 radical (unpaired) electrons. The molecule has 0 aliphatic heterocycles. The maximum absolute atomic E-state index is 12.5. The monoisotopic (exact) mass is 359 g/mol. The largest absolute Gasteiger partial charge is 0.497 e. The second-order valence-corrected chi connectivity index (χ2v) is 5.97. The smallest absolute Gasteiger partial charge is 0.251 e. The lowest BCUT2D eigenvalue weighted by Gasteiger charge is -2.07. The van der Waals surface area contributed by atoms with Gasteiger partial charge in [-0.3, -0.25) is 9.78 Å². The lowest BCUT2D eigenvalue weighted by Crippen LogP contribution is -2.22. The SMILES string of the molecule is COc1cccc(CNC(=O)c2ccc3oc(-c4ccncc4)nc3c2)c1. The maximum atomic E-state index is 12.5. The number of rotatable bonds is 5. The fourth-order valence-electron chi connectivity index (χ4n) is 2.75. The number of nitrogens with zero attached hydrogens (tertiary/aromatic N) is 2. The van der Waals surface area contributed by atoms with Gasteiger partial charge in [0.25, 0.3) is 5.91 Å². The van der Waals surface area contributed by atoms with Crippen LogP contribution in [0.2, 0.25) is 0 Å². The lowest BCUT2D eigenvalue weighted by atomic mass is 10.1. The van der Waals surface area contributed by atoms with Gasteiger partial charge in [0.15, 0.2) is 5.58 Å². The van der Waals surface area contributed by atoms with E-state index in [0.29, 0.717) is 29.1 Å². The number of benzene rings is 2. The van der Waals surface area contributed by atoms with Gasteiger partial charge in [-0.1, -0.05) is 12.1 Å². The predicted molar refractivity (Wildman–Crippen MR) is 101 cm³/mol. The van der Waals surface area contributed by atoms with Crippen molar-refractivity contribution in [3.05, 3.63) is 78.1 Å². The van der Waals surface area contributed by atoms with Gasteiger partial charge in [0.1, 0.15) is 11.3 Å². The van der Waals surface area contributed by atoms with Gasteiger partial charge < -0.3 is 14.5 Å². The first-order chi connectivity index (χ1) is 13.2. The third kappa shape index (κ3) is 3.64. The van der Waals surface area contributed by atoms with Crippen LogP contribution in [-0.2, 0) is 6.54 Å². The van der Waals surface area contributed by atoms with Gasteiger partial charge in [0.2, 0.25) is 5.89 Å². The van der Waals surface area contributed by atoms with E-state index in [9.17, 15) is 4.79 Å². The number of oxazole rings is 1. The van der Waals surface area contributed by atoms with E-state index in [-0.39, 0.29) is 5.91 Å². The third-order valence-corrected chi connectivity index (χ3v) is 4.16. The Morgan fingerprint density at radius 3 is 2.78 bits per heavy atom. The zero-order valence-corrected chi connectivity index (χ0v) is 14.7. The Morgan fingerprint density at radius 2 is 1.96 bits per heavy atom. The van der Waals surface area contributed by atoms with Crippen molar-refractivity contribution >= 4 is 17.0 Å². The van der Waals surface area contributed by atoms with Crippen LogP contribution in [0.25, 0.3) is 22.6 Å². The standard InChI is InChI=1S/C21H17N3O3/c1-26-17-4-2-3-14(11-17)13-23-20(25)16-5-6-19-18(12-16)24-21(27-19)15-7-9-22-10-8-15/h2-12H,13H2,1H3,(H,23,25). The molecule has 134 valence electrons. The highest BCUT2D eigenvalue weighted by molar-refractivity contribution is 5.97. The summed E-state index contributed by atoms with van der Waals surface area (Å²) in [4.78, 5) is 20.9. The molecule has 2 heterocycles. The number of pyridine rings is 1. The molecule has 6 nitrogen and oxygen atoms in total. The van der Waals surface area contributed by atoms with Gasteiger partial charge in [-0.2, -0.15) is 0 Å². The topological polar surface area (TPSA) is 77.2 Å². The van der Waals surface area contributed by atoms with Gasteiger partial charge in [0.05, 0.1) is 7.11 Å². The minimum absolute atomic E-state index is 0.173. The van der Waals surface area contributed by atoms with Crippen LogP contribution >= 0.6 is 0 Å². The Morgan fingerprint density at radius 1 is 1.11 bits per heavy atom. The highest BCUT2D eigenvalue weighted by Crippen LogP contribution is 2.24. The molecule has 0 aliphatic carbocycles. The maximum Gasteiger partial charge on any atom is 0.251 e. The number of aromatic nitrogens is 2. The molecule has 0 unspecified atom stereocenters. The summed E-state index contributed by atoms with van der Waals surface area (Å²) in [6.45, 7) is 0.412. The molecule has 2 aromatic heterocycles. The molecule has 1 N–H and O–H groups in total. The third-order valence-electron chi connectivity index (χ3n) is 4.16. The van der Waals surface area contributed by atoms with Crippen LogP contribution in [-0.4, -0.2) is 23.0 Å². The van der Waals surface area contributed by atoms with Crippen LogP contribution in [0.1, 0.15) is 15.9 Å². The van der Waals surface area contributed by atoms with Crippen molar-refractivity contribution in [1.29, 1.82) is 0 Å². The van der Waals surface area contributed by atoms with Crippen LogP contribution in [0.5, 0.6) is 5.75 Å². The highest BCUT2D eigenvalue weighted by Gasteiger charge is 2.12. The number of methoxy groups -OCH3 is 1. The van der Waals surface area contributed by atoms with Crippen molar-refractivity contribution in [2.24, 2.45) is 0 Å². The van der Waals surface area contributed by atoms with Crippen LogP contribution in [0, 0.1) is 0 Å². The number of carbonyl (C=O) groups excluding carboxylic acids is 1. The van der Waals surface area contributed by atoms with E-state index in [4.69, 9.17) is 9.15 Å². The Labute approximate surface area is 155 Å². The summed E-state index contributed by atoms with van der Waals surface area (Å²) < 4.78 is 11.0. The Balaban J connectivity index is 1.52. The number of fused-ring (bicyclic) bond motifs is 1. The van der Waals surface area contributed by atoms with E-state index in [2.05, 4.69) is 15.3 Å². The molecular weight excluding hydrogens is 342 g/mol. The van der Waals surface area contributed by atoms with Crippen LogP contribution in [0.15, 0.2) is 71.4 Å². The summed E-state index contributed by atoms with van der Waals surface area (Å²) in [6, 6.07) is 16.4. The minimum Gasteiger partial charge on any atom is -0.497 e. The van der Waals surface area contributed by atoms with Crippen LogP contribution in [0.3, 0.4) is 0 Å². The molecular formula is C21H17N3O3. The lowest BCUT2D eigenvalue weighted by molar-refractivity contribution is 0.0951. The summed E-state index contributed by atoms with van der Waals surface area (Å²) in [5.41, 5.74) is 3.59. The number of carbonyl (C=O) groups is 1. The molecule has 0 saturated carbocycles. The number of nitrogens with one attached hydrogen (secondary N) is 1. The first kappa shape index (κ1) is 16.8. The summed E-state index contributed by atoms with van der Waals surface area (Å²) in [7, 11) is 1.62. The van der Waals surface area contributed by atoms with Crippen molar-refractivity contribution in [3.63, 3.8) is 0 Å². The van der Waals surface area contributed by atoms with Crippen LogP contribution in [0.4, 0.5) is 0 Å². The molecule has 0 aliphatic rings. The molecule has 6 heteroatoms. The van der Waals surface area contributed by atoms with Crippen LogP contribution < -0.4 is 10.1 Å². The van der Waals surface area contributed by atoms with Crippen molar-refractivity contribution in [1.82, 2.24) is 15.3 Å². The first-order valence-corrected chi connectivity index (χ1v) is 8.45. The van der Waals surface area contributed by atoms with Gasteiger partial charge in [-0.25, -0.2) is 4.98 Å². The molecule has 4 rings (SSSR count). The number of amides is 1. The van der Waals surface area contributed by atoms with Crippen molar-refractivity contribution in [3.8, 4) is 17.2 Å². The Bertz CT molecular complexity index is 1090. The number of ether oxygens (including phenoxy) is 1. The molecule has 0 atom stereocenters. The first-order valence-electron chi connectivity index (χ1n) is 8.45. The van der Waals surface area contributed by atoms with Gasteiger partial charge in [-0.15, -0.1) is 0 Å². The molecule has 4 aromatic rings. The Hall–Kier alpha value is -3.67. The molecule has 1 amide bonds. The molecule has 2 aromatic carbocycles. The van der Waals surface area contributed by atoms with E-state index >= 15 is 0 Å². The number of hydrogen-bond donors (Lipinski definition) is 1. The quantitative estimate of drug-likeness (QED) is 0.586.